The van der Waals surface area contributed by atoms with Crippen molar-refractivity contribution in [3.8, 4) is 5.69 Å². The van der Waals surface area contributed by atoms with E-state index in [1.165, 1.54) is 40.7 Å². The Hall–Kier alpha value is -3.04. The van der Waals surface area contributed by atoms with E-state index in [0.717, 1.165) is 18.5 Å². The van der Waals surface area contributed by atoms with E-state index < -0.39 is 15.9 Å². The first-order valence-corrected chi connectivity index (χ1v) is 12.3. The molecule has 7 nitrogen and oxygen atoms in total. The summed E-state index contributed by atoms with van der Waals surface area (Å²) in [6.45, 7) is 7.07. The van der Waals surface area contributed by atoms with Gasteiger partial charge in [-0.2, -0.15) is 9.40 Å². The average Bonchev–Trinajstić information content (AvgIpc) is 3.45. The minimum atomic E-state index is -3.54. The highest BCUT2D eigenvalue weighted by Gasteiger charge is 2.27. The molecule has 9 heteroatoms. The number of carbonyl (C=O) groups is 1. The molecule has 0 unspecified atom stereocenters. The van der Waals surface area contributed by atoms with Crippen LogP contribution in [0.3, 0.4) is 0 Å². The lowest BCUT2D eigenvalue weighted by atomic mass is 9.92. The molecule has 1 amide bonds. The number of carbonyl (C=O) groups excluding carboxylic acids is 1. The molecular formula is C24H27FN4O3S. The van der Waals surface area contributed by atoms with E-state index in [1.54, 1.807) is 22.9 Å². The maximum absolute atomic E-state index is 13.4. The molecule has 1 aliphatic heterocycles. The summed E-state index contributed by atoms with van der Waals surface area (Å²) in [5.74, 6) is -0.328. The molecule has 2 heterocycles. The molecular weight excluding hydrogens is 443 g/mol. The summed E-state index contributed by atoms with van der Waals surface area (Å²) in [6.07, 6.45) is 1.72. The van der Waals surface area contributed by atoms with Crippen LogP contribution in [0.15, 0.2) is 59.5 Å². The largest absolute Gasteiger partial charge is 0.306 e. The van der Waals surface area contributed by atoms with E-state index in [2.05, 4.69) is 10.4 Å². The Morgan fingerprint density at radius 3 is 2.18 bits per heavy atom. The molecule has 1 aliphatic rings. The van der Waals surface area contributed by atoms with Crippen LogP contribution >= 0.6 is 0 Å². The third-order valence-electron chi connectivity index (χ3n) is 5.61. The van der Waals surface area contributed by atoms with E-state index in [9.17, 15) is 17.6 Å². The smallest absolute Gasteiger partial charge is 0.256 e. The quantitative estimate of drug-likeness (QED) is 0.601. The minimum Gasteiger partial charge on any atom is -0.306 e. The lowest BCUT2D eigenvalue weighted by Crippen LogP contribution is -2.27. The van der Waals surface area contributed by atoms with Crippen LogP contribution in [0.4, 0.5) is 10.2 Å². The van der Waals surface area contributed by atoms with E-state index in [0.29, 0.717) is 30.2 Å². The second kappa shape index (κ2) is 8.72. The molecule has 0 bridgehead atoms. The van der Waals surface area contributed by atoms with Crippen molar-refractivity contribution in [2.24, 2.45) is 0 Å². The number of nitrogens with one attached hydrogen (secondary N) is 1. The predicted molar refractivity (Wildman–Crippen MR) is 125 cm³/mol. The molecule has 3 aromatic rings. The Kier molecular flexibility index (Phi) is 6.11. The van der Waals surface area contributed by atoms with Gasteiger partial charge in [0.1, 0.15) is 11.6 Å². The average molecular weight is 471 g/mol. The van der Waals surface area contributed by atoms with Crippen LogP contribution in [-0.4, -0.2) is 41.5 Å². The molecule has 4 rings (SSSR count). The van der Waals surface area contributed by atoms with Crippen LogP contribution in [-0.2, 0) is 15.4 Å². The molecule has 2 aromatic carbocycles. The lowest BCUT2D eigenvalue weighted by Gasteiger charge is -2.15. The summed E-state index contributed by atoms with van der Waals surface area (Å²) >= 11 is 0. The molecule has 0 atom stereocenters. The van der Waals surface area contributed by atoms with Gasteiger partial charge in [0.25, 0.3) is 5.91 Å². The zero-order valence-electron chi connectivity index (χ0n) is 18.9. The number of hydrogen-bond donors (Lipinski definition) is 1. The minimum absolute atomic E-state index is 0.173. The summed E-state index contributed by atoms with van der Waals surface area (Å²) < 4.78 is 41.9. The fourth-order valence-electron chi connectivity index (χ4n) is 3.66. The summed E-state index contributed by atoms with van der Waals surface area (Å²) in [4.78, 5) is 13.1. The molecule has 1 N–H and O–H groups in total. The molecule has 1 saturated heterocycles. The van der Waals surface area contributed by atoms with Gasteiger partial charge in [-0.25, -0.2) is 17.5 Å². The lowest BCUT2D eigenvalue weighted by molar-refractivity contribution is 0.102. The summed E-state index contributed by atoms with van der Waals surface area (Å²) in [7, 11) is -3.54. The molecule has 33 heavy (non-hydrogen) atoms. The Morgan fingerprint density at radius 2 is 1.61 bits per heavy atom. The van der Waals surface area contributed by atoms with E-state index in [4.69, 9.17) is 0 Å². The highest BCUT2D eigenvalue weighted by molar-refractivity contribution is 7.89. The predicted octanol–water partition coefficient (Wildman–Crippen LogP) is 4.35. The number of hydrogen-bond acceptors (Lipinski definition) is 4. The standard InChI is InChI=1S/C24H27FN4O3S/c1-24(2,3)21-16-22(29(27-21)19-10-8-18(25)9-11-19)26-23(30)17-6-12-20(13-7-17)33(31,32)28-14-4-5-15-28/h6-13,16H,4-5,14-15H2,1-3H3,(H,26,30). The number of anilines is 1. The van der Waals surface area contributed by atoms with Gasteiger partial charge in [0.05, 0.1) is 16.3 Å². The number of nitrogens with zero attached hydrogens (tertiary/aromatic N) is 3. The normalized spacial score (nSPS) is 15.0. The molecule has 1 fully saturated rings. The Bertz CT molecular complexity index is 1250. The Balaban J connectivity index is 1.60. The van der Waals surface area contributed by atoms with Crippen LogP contribution in [0.5, 0.6) is 0 Å². The fraction of sp³-hybridized carbons (Fsp3) is 0.333. The topological polar surface area (TPSA) is 84.3 Å². The van der Waals surface area contributed by atoms with Crippen LogP contribution in [0.25, 0.3) is 5.69 Å². The number of halogens is 1. The van der Waals surface area contributed by atoms with Crippen molar-refractivity contribution in [3.63, 3.8) is 0 Å². The highest BCUT2D eigenvalue weighted by atomic mass is 32.2. The maximum Gasteiger partial charge on any atom is 0.256 e. The van der Waals surface area contributed by atoms with Gasteiger partial charge in [-0.3, -0.25) is 4.79 Å². The van der Waals surface area contributed by atoms with Gasteiger partial charge in [-0.05, 0) is 61.4 Å². The van der Waals surface area contributed by atoms with Crippen LogP contribution in [0, 0.1) is 5.82 Å². The monoisotopic (exact) mass is 470 g/mol. The first kappa shape index (κ1) is 23.1. The van der Waals surface area contributed by atoms with Crippen LogP contribution in [0.2, 0.25) is 0 Å². The van der Waals surface area contributed by atoms with E-state index in [1.807, 2.05) is 20.8 Å². The van der Waals surface area contributed by atoms with Gasteiger partial charge in [0.15, 0.2) is 0 Å². The van der Waals surface area contributed by atoms with Gasteiger partial charge in [-0.15, -0.1) is 0 Å². The zero-order valence-corrected chi connectivity index (χ0v) is 19.7. The van der Waals surface area contributed by atoms with Crippen molar-refractivity contribution in [1.82, 2.24) is 14.1 Å². The number of rotatable bonds is 5. The third kappa shape index (κ3) is 4.84. The van der Waals surface area contributed by atoms with Crippen molar-refractivity contribution in [2.45, 2.75) is 43.9 Å². The molecule has 0 saturated carbocycles. The van der Waals surface area contributed by atoms with Crippen molar-refractivity contribution >= 4 is 21.7 Å². The molecule has 0 radical (unpaired) electrons. The first-order valence-electron chi connectivity index (χ1n) is 10.8. The first-order chi connectivity index (χ1) is 15.6. The maximum atomic E-state index is 13.4. The van der Waals surface area contributed by atoms with Gasteiger partial charge in [0, 0.05) is 30.1 Å². The molecule has 174 valence electrons. The number of aromatic nitrogens is 2. The Morgan fingerprint density at radius 1 is 1.00 bits per heavy atom. The van der Waals surface area contributed by atoms with Crippen molar-refractivity contribution in [3.05, 3.63) is 71.7 Å². The molecule has 1 aromatic heterocycles. The van der Waals surface area contributed by atoms with Gasteiger partial charge in [-0.1, -0.05) is 20.8 Å². The summed E-state index contributed by atoms with van der Waals surface area (Å²) in [6, 6.07) is 13.5. The van der Waals surface area contributed by atoms with E-state index >= 15 is 0 Å². The molecule has 0 spiro atoms. The second-order valence-corrected chi connectivity index (χ2v) is 11.1. The van der Waals surface area contributed by atoms with E-state index in [-0.39, 0.29) is 16.1 Å². The zero-order chi connectivity index (χ0) is 23.8. The SMILES string of the molecule is CC(C)(C)c1cc(NC(=O)c2ccc(S(=O)(=O)N3CCCC3)cc2)n(-c2ccc(F)cc2)n1. The van der Waals surface area contributed by atoms with Crippen LogP contribution in [0.1, 0.15) is 49.7 Å². The van der Waals surface area contributed by atoms with Crippen LogP contribution < -0.4 is 5.32 Å². The number of sulfonamides is 1. The highest BCUT2D eigenvalue weighted by Crippen LogP contribution is 2.27. The summed E-state index contributed by atoms with van der Waals surface area (Å²) in [5.41, 5.74) is 1.42. The van der Waals surface area contributed by atoms with Gasteiger partial charge >= 0.3 is 0 Å². The number of benzene rings is 2. The van der Waals surface area contributed by atoms with Crippen molar-refractivity contribution in [2.75, 3.05) is 18.4 Å². The second-order valence-electron chi connectivity index (χ2n) is 9.14. The van der Waals surface area contributed by atoms with Gasteiger partial charge in [0.2, 0.25) is 10.0 Å². The molecule has 0 aliphatic carbocycles. The van der Waals surface area contributed by atoms with Crippen molar-refractivity contribution < 1.29 is 17.6 Å². The Labute approximate surface area is 193 Å². The fourth-order valence-corrected chi connectivity index (χ4v) is 5.18. The van der Waals surface area contributed by atoms with Crippen molar-refractivity contribution in [1.29, 1.82) is 0 Å². The summed E-state index contributed by atoms with van der Waals surface area (Å²) in [5, 5.41) is 7.47. The third-order valence-corrected chi connectivity index (χ3v) is 7.52. The van der Waals surface area contributed by atoms with Gasteiger partial charge < -0.3 is 5.32 Å². The number of amides is 1.